The van der Waals surface area contributed by atoms with E-state index in [1.807, 2.05) is 48.1 Å². The van der Waals surface area contributed by atoms with Crippen LogP contribution in [0.5, 0.6) is 0 Å². The maximum atomic E-state index is 13.3. The molecular weight excluding hydrogens is 454 g/mol. The van der Waals surface area contributed by atoms with E-state index in [1.165, 1.54) is 10.4 Å². The van der Waals surface area contributed by atoms with Crippen molar-refractivity contribution in [3.05, 3.63) is 75.2 Å². The third-order valence-corrected chi connectivity index (χ3v) is 7.91. The van der Waals surface area contributed by atoms with Crippen LogP contribution in [0.4, 0.5) is 0 Å². The van der Waals surface area contributed by atoms with Crippen LogP contribution in [0.1, 0.15) is 45.0 Å². The summed E-state index contributed by atoms with van der Waals surface area (Å²) in [4.78, 5) is 22.1. The molecule has 1 amide bonds. The first kappa shape index (κ1) is 23.7. The van der Waals surface area contributed by atoms with E-state index in [4.69, 9.17) is 10.1 Å². The van der Waals surface area contributed by atoms with Crippen LogP contribution in [-0.4, -0.2) is 51.8 Å². The van der Waals surface area contributed by atoms with Crippen molar-refractivity contribution in [2.75, 3.05) is 26.2 Å². The van der Waals surface area contributed by atoms with E-state index < -0.39 is 0 Å². The number of aromatic nitrogens is 3. The molecular formula is C28H33N5OS. The first-order valence-electron chi connectivity index (χ1n) is 12.4. The smallest absolute Gasteiger partial charge is 0.252 e. The first-order chi connectivity index (χ1) is 17.0. The van der Waals surface area contributed by atoms with Crippen LogP contribution in [0.15, 0.2) is 47.8 Å². The Kier molecular flexibility index (Phi) is 6.97. The van der Waals surface area contributed by atoms with Gasteiger partial charge in [-0.1, -0.05) is 23.8 Å². The van der Waals surface area contributed by atoms with E-state index in [1.54, 1.807) is 0 Å². The van der Waals surface area contributed by atoms with Gasteiger partial charge in [-0.15, -0.1) is 11.3 Å². The minimum atomic E-state index is -0.0350. The number of carbonyl (C=O) groups excluding carboxylic acids is 1. The van der Waals surface area contributed by atoms with Crippen LogP contribution >= 0.6 is 11.3 Å². The maximum absolute atomic E-state index is 13.3. The molecule has 6 nitrogen and oxygen atoms in total. The quantitative estimate of drug-likeness (QED) is 0.394. The normalized spacial score (nSPS) is 15.1. The number of nitrogens with one attached hydrogen (secondary N) is 1. The number of nitrogens with zero attached hydrogens (tertiary/aromatic N) is 4. The lowest BCUT2D eigenvalue weighted by atomic mass is 9.96. The summed E-state index contributed by atoms with van der Waals surface area (Å²) < 4.78 is 1.85. The van der Waals surface area contributed by atoms with Crippen LogP contribution in [0.3, 0.4) is 0 Å². The second-order valence-corrected chi connectivity index (χ2v) is 10.7. The van der Waals surface area contributed by atoms with Crippen LogP contribution in [0.2, 0.25) is 0 Å². The van der Waals surface area contributed by atoms with Gasteiger partial charge in [0, 0.05) is 23.7 Å². The number of likely N-dealkylation sites (tertiary alicyclic amines) is 1. The Morgan fingerprint density at radius 3 is 2.60 bits per heavy atom. The van der Waals surface area contributed by atoms with Gasteiger partial charge in [0.05, 0.1) is 22.3 Å². The van der Waals surface area contributed by atoms with Gasteiger partial charge in [-0.05, 0) is 88.7 Å². The molecule has 3 aromatic heterocycles. The highest BCUT2D eigenvalue weighted by Crippen LogP contribution is 2.25. The Labute approximate surface area is 211 Å². The highest BCUT2D eigenvalue weighted by Gasteiger charge is 2.22. The molecule has 1 N–H and O–H groups in total. The number of benzene rings is 1. The molecule has 0 unspecified atom stereocenters. The second-order valence-electron chi connectivity index (χ2n) is 9.67. The van der Waals surface area contributed by atoms with Crippen molar-refractivity contribution in [2.45, 2.75) is 40.0 Å². The van der Waals surface area contributed by atoms with Crippen molar-refractivity contribution in [1.82, 2.24) is 25.0 Å². The summed E-state index contributed by atoms with van der Waals surface area (Å²) >= 11 is 1.84. The molecule has 1 aliphatic heterocycles. The molecule has 0 radical (unpaired) electrons. The van der Waals surface area contributed by atoms with E-state index in [2.05, 4.69) is 46.8 Å². The molecule has 0 saturated carbocycles. The molecule has 0 spiro atoms. The predicted octanol–water partition coefficient (Wildman–Crippen LogP) is 5.09. The van der Waals surface area contributed by atoms with Crippen LogP contribution < -0.4 is 5.32 Å². The molecule has 5 rings (SSSR count). The molecule has 182 valence electrons. The number of fused-ring (bicyclic) bond motifs is 1. The Bertz CT molecular complexity index is 1300. The lowest BCUT2D eigenvalue weighted by Crippen LogP contribution is -2.39. The monoisotopic (exact) mass is 487 g/mol. The zero-order valence-electron chi connectivity index (χ0n) is 20.8. The summed E-state index contributed by atoms with van der Waals surface area (Å²) in [5.74, 6) is 0.485. The molecule has 1 saturated heterocycles. The fraction of sp³-hybridized carbons (Fsp3) is 0.393. The van der Waals surface area contributed by atoms with Crippen molar-refractivity contribution in [3.8, 4) is 5.69 Å². The number of amides is 1. The number of rotatable bonds is 7. The van der Waals surface area contributed by atoms with Crippen LogP contribution in [0.25, 0.3) is 16.7 Å². The number of aryl methyl sites for hydroxylation is 3. The minimum absolute atomic E-state index is 0.0350. The van der Waals surface area contributed by atoms with Crippen molar-refractivity contribution in [2.24, 2.45) is 5.92 Å². The Morgan fingerprint density at radius 2 is 1.89 bits per heavy atom. The van der Waals surface area contributed by atoms with Crippen LogP contribution in [-0.2, 0) is 6.42 Å². The lowest BCUT2D eigenvalue weighted by Gasteiger charge is -2.31. The zero-order valence-corrected chi connectivity index (χ0v) is 21.6. The third kappa shape index (κ3) is 5.31. The van der Waals surface area contributed by atoms with Crippen molar-refractivity contribution in [1.29, 1.82) is 0 Å². The first-order valence-corrected chi connectivity index (χ1v) is 13.3. The standard InChI is InChI=1S/C28H33N5OS/c1-19-6-8-23(9-7-19)33-27-26(21(3)31-33)25(17-20(2)30-27)28(34)29-18-22-10-13-32(14-11-22)15-12-24-5-4-16-35-24/h4-9,16-17,22H,10-15,18H2,1-3H3,(H,29,34). The second kappa shape index (κ2) is 10.3. The Balaban J connectivity index is 1.24. The van der Waals surface area contributed by atoms with Gasteiger partial charge in [0.2, 0.25) is 0 Å². The van der Waals surface area contributed by atoms with E-state index in [9.17, 15) is 4.79 Å². The third-order valence-electron chi connectivity index (χ3n) is 6.98. The molecule has 1 fully saturated rings. The summed E-state index contributed by atoms with van der Waals surface area (Å²) in [6.07, 6.45) is 3.38. The Hall–Kier alpha value is -3.03. The highest BCUT2D eigenvalue weighted by molar-refractivity contribution is 7.09. The largest absolute Gasteiger partial charge is 0.352 e. The summed E-state index contributed by atoms with van der Waals surface area (Å²) in [5, 5.41) is 10.9. The molecule has 4 aromatic rings. The summed E-state index contributed by atoms with van der Waals surface area (Å²) in [6, 6.07) is 14.4. The SMILES string of the molecule is Cc1ccc(-n2nc(C)c3c(C(=O)NCC4CCN(CCc5cccs5)CC4)cc(C)nc32)cc1. The van der Waals surface area contributed by atoms with Gasteiger partial charge in [-0.25, -0.2) is 9.67 Å². The molecule has 1 aliphatic rings. The van der Waals surface area contributed by atoms with Gasteiger partial charge < -0.3 is 10.2 Å². The number of thiophene rings is 1. The van der Waals surface area contributed by atoms with Crippen molar-refractivity contribution < 1.29 is 4.79 Å². The topological polar surface area (TPSA) is 63.1 Å². The summed E-state index contributed by atoms with van der Waals surface area (Å²) in [6.45, 7) is 10.00. The molecule has 0 atom stereocenters. The number of carbonyl (C=O) groups is 1. The number of hydrogen-bond donors (Lipinski definition) is 1. The summed E-state index contributed by atoms with van der Waals surface area (Å²) in [5.41, 5.74) is 5.17. The number of pyridine rings is 1. The van der Waals surface area contributed by atoms with Gasteiger partial charge in [0.1, 0.15) is 0 Å². The van der Waals surface area contributed by atoms with Gasteiger partial charge in [-0.2, -0.15) is 5.10 Å². The van der Waals surface area contributed by atoms with Gasteiger partial charge in [-0.3, -0.25) is 4.79 Å². The molecule has 0 bridgehead atoms. The maximum Gasteiger partial charge on any atom is 0.252 e. The molecule has 1 aromatic carbocycles. The molecule has 4 heterocycles. The molecule has 35 heavy (non-hydrogen) atoms. The predicted molar refractivity (Wildman–Crippen MR) is 143 cm³/mol. The molecule has 0 aliphatic carbocycles. The van der Waals surface area contributed by atoms with E-state index >= 15 is 0 Å². The van der Waals surface area contributed by atoms with E-state index in [0.717, 1.165) is 67.0 Å². The highest BCUT2D eigenvalue weighted by atomic mass is 32.1. The van der Waals surface area contributed by atoms with Crippen LogP contribution in [0, 0.1) is 26.7 Å². The van der Waals surface area contributed by atoms with E-state index in [-0.39, 0.29) is 5.91 Å². The fourth-order valence-electron chi connectivity index (χ4n) is 4.93. The Morgan fingerprint density at radius 1 is 1.11 bits per heavy atom. The van der Waals surface area contributed by atoms with E-state index in [0.29, 0.717) is 18.0 Å². The molecule has 7 heteroatoms. The summed E-state index contributed by atoms with van der Waals surface area (Å²) in [7, 11) is 0. The van der Waals surface area contributed by atoms with Gasteiger partial charge in [0.25, 0.3) is 5.91 Å². The van der Waals surface area contributed by atoms with Gasteiger partial charge >= 0.3 is 0 Å². The zero-order chi connectivity index (χ0) is 24.4. The number of hydrogen-bond acceptors (Lipinski definition) is 5. The average molecular weight is 488 g/mol. The lowest BCUT2D eigenvalue weighted by molar-refractivity contribution is 0.0937. The van der Waals surface area contributed by atoms with Gasteiger partial charge in [0.15, 0.2) is 5.65 Å². The average Bonchev–Trinajstić information content (AvgIpc) is 3.50. The minimum Gasteiger partial charge on any atom is -0.352 e. The van der Waals surface area contributed by atoms with Crippen molar-refractivity contribution >= 4 is 28.3 Å². The number of piperidine rings is 1. The van der Waals surface area contributed by atoms with Crippen molar-refractivity contribution in [3.63, 3.8) is 0 Å². The fourth-order valence-corrected chi connectivity index (χ4v) is 5.63.